The summed E-state index contributed by atoms with van der Waals surface area (Å²) in [6.45, 7) is 3.59. The summed E-state index contributed by atoms with van der Waals surface area (Å²) >= 11 is 0. The van der Waals surface area contributed by atoms with Gasteiger partial charge in [0.05, 0.1) is 12.6 Å². The van der Waals surface area contributed by atoms with Crippen LogP contribution in [0.3, 0.4) is 0 Å². The van der Waals surface area contributed by atoms with Crippen LogP contribution in [0.5, 0.6) is 11.5 Å². The molecule has 1 aromatic carbocycles. The minimum atomic E-state index is 0.120. The number of ether oxygens (including phenoxy) is 2. The molecule has 2 fully saturated rings. The molecule has 6 nitrogen and oxygen atoms in total. The van der Waals surface area contributed by atoms with Gasteiger partial charge in [0.15, 0.2) is 11.5 Å². The molecule has 1 amide bonds. The second-order valence-corrected chi connectivity index (χ2v) is 7.78. The maximum Gasteiger partial charge on any atom is 0.237 e. The van der Waals surface area contributed by atoms with Crippen LogP contribution in [0.1, 0.15) is 50.1 Å². The van der Waals surface area contributed by atoms with Crippen LogP contribution in [0.2, 0.25) is 0 Å². The lowest BCUT2D eigenvalue weighted by Crippen LogP contribution is -2.47. The minimum Gasteiger partial charge on any atom is -0.486 e. The molecule has 0 spiro atoms. The molecule has 148 valence electrons. The van der Waals surface area contributed by atoms with Gasteiger partial charge in [-0.25, -0.2) is 0 Å². The number of benzene rings is 1. The Hall–Kier alpha value is -1.79. The van der Waals surface area contributed by atoms with Crippen molar-refractivity contribution in [3.8, 4) is 11.5 Å². The highest BCUT2D eigenvalue weighted by atomic mass is 16.6. The van der Waals surface area contributed by atoms with Crippen molar-refractivity contribution in [3.05, 3.63) is 23.8 Å². The predicted octanol–water partition coefficient (Wildman–Crippen LogP) is 2.36. The summed E-state index contributed by atoms with van der Waals surface area (Å²) < 4.78 is 11.3. The van der Waals surface area contributed by atoms with E-state index >= 15 is 0 Å². The van der Waals surface area contributed by atoms with Gasteiger partial charge < -0.3 is 19.5 Å². The van der Waals surface area contributed by atoms with Gasteiger partial charge in [0.2, 0.25) is 5.91 Å². The van der Waals surface area contributed by atoms with Gasteiger partial charge in [-0.05, 0) is 56.3 Å². The maximum atomic E-state index is 13.1. The van der Waals surface area contributed by atoms with Gasteiger partial charge in [0.25, 0.3) is 0 Å². The molecule has 6 heteroatoms. The standard InChI is InChI=1S/C21H30N2O4/c24-11-8-17-4-1-2-9-22(17)15-21(25)23-10-3-5-18(23)16-6-7-19-20(14-16)27-13-12-26-19/h6-7,14,17-18,24H,1-5,8-13,15H2. The predicted molar refractivity (Wildman–Crippen MR) is 102 cm³/mol. The Morgan fingerprint density at radius 3 is 2.78 bits per heavy atom. The van der Waals surface area contributed by atoms with Gasteiger partial charge in [0.1, 0.15) is 13.2 Å². The molecule has 2 unspecified atom stereocenters. The average Bonchev–Trinajstić information content (AvgIpc) is 3.19. The Balaban J connectivity index is 1.45. The van der Waals surface area contributed by atoms with E-state index in [1.807, 2.05) is 17.0 Å². The van der Waals surface area contributed by atoms with E-state index in [9.17, 15) is 9.90 Å². The molecule has 2 saturated heterocycles. The van der Waals surface area contributed by atoms with Crippen molar-refractivity contribution in [3.63, 3.8) is 0 Å². The van der Waals surface area contributed by atoms with Crippen LogP contribution >= 0.6 is 0 Å². The van der Waals surface area contributed by atoms with Gasteiger partial charge >= 0.3 is 0 Å². The first-order chi connectivity index (χ1) is 13.3. The molecule has 0 saturated carbocycles. The van der Waals surface area contributed by atoms with E-state index in [2.05, 4.69) is 11.0 Å². The lowest BCUT2D eigenvalue weighted by molar-refractivity contribution is -0.134. The van der Waals surface area contributed by atoms with E-state index in [0.29, 0.717) is 25.8 Å². The monoisotopic (exact) mass is 374 g/mol. The molecule has 2 atom stereocenters. The number of piperidine rings is 1. The van der Waals surface area contributed by atoms with Gasteiger partial charge in [-0.2, -0.15) is 0 Å². The fraction of sp³-hybridized carbons (Fsp3) is 0.667. The molecule has 4 rings (SSSR count). The van der Waals surface area contributed by atoms with Crippen LogP contribution in [-0.4, -0.2) is 66.3 Å². The number of rotatable bonds is 5. The van der Waals surface area contributed by atoms with E-state index in [-0.39, 0.29) is 18.6 Å². The molecule has 0 radical (unpaired) electrons. The number of hydrogen-bond donors (Lipinski definition) is 1. The summed E-state index contributed by atoms with van der Waals surface area (Å²) in [5.74, 6) is 1.79. The molecule has 27 heavy (non-hydrogen) atoms. The zero-order valence-corrected chi connectivity index (χ0v) is 15.9. The summed E-state index contributed by atoms with van der Waals surface area (Å²) in [5.41, 5.74) is 1.13. The summed E-state index contributed by atoms with van der Waals surface area (Å²) in [5, 5.41) is 9.33. The molecule has 3 heterocycles. The highest BCUT2D eigenvalue weighted by molar-refractivity contribution is 5.79. The molecule has 0 bridgehead atoms. The first kappa shape index (κ1) is 18.6. The molecule has 3 aliphatic rings. The third-order valence-corrected chi connectivity index (χ3v) is 6.07. The Kier molecular flexibility index (Phi) is 5.83. The number of carbonyl (C=O) groups excluding carboxylic acids is 1. The van der Waals surface area contributed by atoms with Crippen LogP contribution in [0.15, 0.2) is 18.2 Å². The summed E-state index contributed by atoms with van der Waals surface area (Å²) in [4.78, 5) is 17.4. The third-order valence-electron chi connectivity index (χ3n) is 6.07. The number of likely N-dealkylation sites (tertiary alicyclic amines) is 2. The third kappa shape index (κ3) is 4.06. The minimum absolute atomic E-state index is 0.120. The zero-order valence-electron chi connectivity index (χ0n) is 15.9. The van der Waals surface area contributed by atoms with E-state index in [1.165, 1.54) is 6.42 Å². The fourth-order valence-electron chi connectivity index (χ4n) is 4.69. The number of nitrogens with zero attached hydrogens (tertiary/aromatic N) is 2. The number of hydrogen-bond acceptors (Lipinski definition) is 5. The van der Waals surface area contributed by atoms with Crippen molar-refractivity contribution in [1.82, 2.24) is 9.80 Å². The lowest BCUT2D eigenvalue weighted by Gasteiger charge is -2.36. The van der Waals surface area contributed by atoms with Crippen molar-refractivity contribution >= 4 is 5.91 Å². The normalized spacial score (nSPS) is 25.6. The molecule has 1 aromatic rings. The maximum absolute atomic E-state index is 13.1. The summed E-state index contributed by atoms with van der Waals surface area (Å²) in [6.07, 6.45) is 6.20. The first-order valence-corrected chi connectivity index (χ1v) is 10.3. The van der Waals surface area contributed by atoms with Crippen LogP contribution in [0, 0.1) is 0 Å². The average molecular weight is 374 g/mol. The van der Waals surface area contributed by atoms with E-state index in [0.717, 1.165) is 62.3 Å². The quantitative estimate of drug-likeness (QED) is 0.857. The number of fused-ring (bicyclic) bond motifs is 1. The molecule has 3 aliphatic heterocycles. The van der Waals surface area contributed by atoms with Crippen molar-refractivity contribution in [2.24, 2.45) is 0 Å². The summed E-state index contributed by atoms with van der Waals surface area (Å²) in [7, 11) is 0. The molecule has 0 aliphatic carbocycles. The first-order valence-electron chi connectivity index (χ1n) is 10.3. The highest BCUT2D eigenvalue weighted by Crippen LogP contribution is 2.38. The Bertz CT molecular complexity index is 664. The second-order valence-electron chi connectivity index (χ2n) is 7.78. The number of amides is 1. The van der Waals surface area contributed by atoms with Crippen molar-refractivity contribution in [1.29, 1.82) is 0 Å². The van der Waals surface area contributed by atoms with Crippen LogP contribution in [-0.2, 0) is 4.79 Å². The molecular formula is C21H30N2O4. The molecular weight excluding hydrogens is 344 g/mol. The van der Waals surface area contributed by atoms with E-state index < -0.39 is 0 Å². The number of carbonyl (C=O) groups is 1. The SMILES string of the molecule is O=C(CN1CCCCC1CCO)N1CCCC1c1ccc2c(c1)OCCO2. The zero-order chi connectivity index (χ0) is 18.6. The van der Waals surface area contributed by atoms with Crippen LogP contribution in [0.25, 0.3) is 0 Å². The van der Waals surface area contributed by atoms with Crippen LogP contribution in [0.4, 0.5) is 0 Å². The molecule has 1 N–H and O–H groups in total. The van der Waals surface area contributed by atoms with E-state index in [4.69, 9.17) is 9.47 Å². The van der Waals surface area contributed by atoms with Gasteiger partial charge in [0, 0.05) is 19.2 Å². The number of aliphatic hydroxyl groups is 1. The van der Waals surface area contributed by atoms with Crippen LogP contribution < -0.4 is 9.47 Å². The highest BCUT2D eigenvalue weighted by Gasteiger charge is 2.33. The van der Waals surface area contributed by atoms with Gasteiger partial charge in [-0.1, -0.05) is 12.5 Å². The Labute approximate surface area is 161 Å². The van der Waals surface area contributed by atoms with E-state index in [1.54, 1.807) is 0 Å². The molecule has 0 aromatic heterocycles. The Morgan fingerprint density at radius 2 is 1.93 bits per heavy atom. The summed E-state index contributed by atoms with van der Waals surface area (Å²) in [6, 6.07) is 6.53. The second kappa shape index (κ2) is 8.48. The van der Waals surface area contributed by atoms with Gasteiger partial charge in [-0.15, -0.1) is 0 Å². The largest absolute Gasteiger partial charge is 0.486 e. The Morgan fingerprint density at radius 1 is 1.07 bits per heavy atom. The smallest absolute Gasteiger partial charge is 0.237 e. The lowest BCUT2D eigenvalue weighted by atomic mass is 9.99. The number of aliphatic hydroxyl groups excluding tert-OH is 1. The van der Waals surface area contributed by atoms with Crippen molar-refractivity contribution < 1.29 is 19.4 Å². The topological polar surface area (TPSA) is 62.2 Å². The van der Waals surface area contributed by atoms with Crippen molar-refractivity contribution in [2.75, 3.05) is 39.5 Å². The van der Waals surface area contributed by atoms with Gasteiger partial charge in [-0.3, -0.25) is 9.69 Å². The fourth-order valence-corrected chi connectivity index (χ4v) is 4.69. The van der Waals surface area contributed by atoms with Crippen molar-refractivity contribution in [2.45, 2.75) is 50.6 Å².